The molecule has 0 bridgehead atoms. The summed E-state index contributed by atoms with van der Waals surface area (Å²) in [6, 6.07) is -0.338. The highest BCUT2D eigenvalue weighted by atomic mass is 16.6. The molecule has 1 heterocycles. The summed E-state index contributed by atoms with van der Waals surface area (Å²) in [5, 5.41) is 3.07. The Labute approximate surface area is 78.6 Å². The van der Waals surface area contributed by atoms with Crippen LogP contribution >= 0.6 is 0 Å². The quantitative estimate of drug-likeness (QED) is 0.645. The number of ether oxygens (including phenoxy) is 2. The van der Waals surface area contributed by atoms with E-state index < -0.39 is 5.72 Å². The fourth-order valence-corrected chi connectivity index (χ4v) is 1.54. The molecule has 1 aliphatic rings. The minimum atomic E-state index is -0.434. The number of hydrogen-bond acceptors (Lipinski definition) is 4. The van der Waals surface area contributed by atoms with Crippen molar-refractivity contribution < 1.29 is 14.3 Å². The lowest BCUT2D eigenvalue weighted by Gasteiger charge is -2.17. The average molecular weight is 187 g/mol. The van der Waals surface area contributed by atoms with E-state index in [0.717, 1.165) is 0 Å². The zero-order valence-electron chi connectivity index (χ0n) is 8.59. The maximum atomic E-state index is 11.4. The van der Waals surface area contributed by atoms with E-state index in [1.807, 2.05) is 20.8 Å². The molecule has 0 amide bonds. The van der Waals surface area contributed by atoms with Gasteiger partial charge in [0, 0.05) is 0 Å². The van der Waals surface area contributed by atoms with Crippen LogP contribution in [0.25, 0.3) is 0 Å². The molecule has 0 aromatic heterocycles. The molecule has 13 heavy (non-hydrogen) atoms. The van der Waals surface area contributed by atoms with E-state index in [1.54, 1.807) is 6.92 Å². The van der Waals surface area contributed by atoms with Gasteiger partial charge in [-0.15, -0.1) is 0 Å². The lowest BCUT2D eigenvalue weighted by Crippen LogP contribution is -2.44. The number of carbonyl (C=O) groups excluding carboxylic acids is 1. The Morgan fingerprint density at radius 1 is 1.62 bits per heavy atom. The number of rotatable bonds is 2. The van der Waals surface area contributed by atoms with Crippen molar-refractivity contribution in [1.82, 2.24) is 5.32 Å². The highest BCUT2D eigenvalue weighted by molar-refractivity contribution is 5.77. The largest absolute Gasteiger partial charge is 0.465 e. The molecule has 4 heteroatoms. The molecule has 0 aromatic rings. The van der Waals surface area contributed by atoms with Crippen LogP contribution in [0.2, 0.25) is 0 Å². The molecule has 1 saturated heterocycles. The molecule has 76 valence electrons. The molecule has 0 saturated carbocycles. The summed E-state index contributed by atoms with van der Waals surface area (Å²) in [6.07, 6.45) is -0.131. The fourth-order valence-electron chi connectivity index (χ4n) is 1.54. The zero-order chi connectivity index (χ0) is 10.1. The Balaban J connectivity index is 2.57. The predicted octanol–water partition coefficient (Wildman–Crippen LogP) is 0.662. The van der Waals surface area contributed by atoms with Crippen LogP contribution in [0, 0.1) is 0 Å². The van der Waals surface area contributed by atoms with E-state index >= 15 is 0 Å². The van der Waals surface area contributed by atoms with Crippen LogP contribution in [0.15, 0.2) is 0 Å². The molecule has 1 rings (SSSR count). The Morgan fingerprint density at radius 2 is 2.23 bits per heavy atom. The maximum Gasteiger partial charge on any atom is 0.325 e. The van der Waals surface area contributed by atoms with Gasteiger partial charge in [0.2, 0.25) is 0 Å². The van der Waals surface area contributed by atoms with Crippen molar-refractivity contribution in [2.45, 2.75) is 45.6 Å². The van der Waals surface area contributed by atoms with Crippen molar-refractivity contribution in [1.29, 1.82) is 0 Å². The first-order valence-corrected chi connectivity index (χ1v) is 4.58. The van der Waals surface area contributed by atoms with Gasteiger partial charge in [-0.2, -0.15) is 0 Å². The summed E-state index contributed by atoms with van der Waals surface area (Å²) in [5.41, 5.74) is -0.434. The van der Waals surface area contributed by atoms with Crippen LogP contribution in [0.3, 0.4) is 0 Å². The normalized spacial score (nSPS) is 31.7. The van der Waals surface area contributed by atoms with Crippen molar-refractivity contribution in [3.63, 3.8) is 0 Å². The molecular weight excluding hydrogens is 170 g/mol. The monoisotopic (exact) mass is 187 g/mol. The molecule has 1 aliphatic heterocycles. The number of nitrogens with one attached hydrogen (secondary N) is 1. The second-order valence-electron chi connectivity index (χ2n) is 3.71. The van der Waals surface area contributed by atoms with Crippen molar-refractivity contribution in [2.75, 3.05) is 6.61 Å². The smallest absolute Gasteiger partial charge is 0.325 e. The first kappa shape index (κ1) is 10.5. The van der Waals surface area contributed by atoms with E-state index in [0.29, 0.717) is 6.61 Å². The van der Waals surface area contributed by atoms with Crippen LogP contribution in [0.5, 0.6) is 0 Å². The molecular formula is C9H17NO3. The van der Waals surface area contributed by atoms with Gasteiger partial charge in [-0.05, 0) is 27.7 Å². The van der Waals surface area contributed by atoms with Gasteiger partial charge in [0.15, 0.2) is 0 Å². The molecule has 0 aliphatic carbocycles. The van der Waals surface area contributed by atoms with E-state index in [1.165, 1.54) is 0 Å². The predicted molar refractivity (Wildman–Crippen MR) is 48.2 cm³/mol. The summed E-state index contributed by atoms with van der Waals surface area (Å²) in [5.74, 6) is -0.236. The second-order valence-corrected chi connectivity index (χ2v) is 3.71. The highest BCUT2D eigenvalue weighted by Gasteiger charge is 2.41. The summed E-state index contributed by atoms with van der Waals surface area (Å²) >= 11 is 0. The molecule has 0 aromatic carbocycles. The lowest BCUT2D eigenvalue weighted by molar-refractivity contribution is -0.146. The summed E-state index contributed by atoms with van der Waals surface area (Å²) < 4.78 is 10.4. The Bertz CT molecular complexity index is 203. The Kier molecular flexibility index (Phi) is 2.93. The van der Waals surface area contributed by atoms with Gasteiger partial charge in [0.1, 0.15) is 11.8 Å². The molecule has 4 nitrogen and oxygen atoms in total. The highest BCUT2D eigenvalue weighted by Crippen LogP contribution is 2.21. The van der Waals surface area contributed by atoms with Crippen molar-refractivity contribution in [3.8, 4) is 0 Å². The Morgan fingerprint density at radius 3 is 2.62 bits per heavy atom. The van der Waals surface area contributed by atoms with Crippen molar-refractivity contribution in [3.05, 3.63) is 0 Å². The van der Waals surface area contributed by atoms with Crippen LogP contribution in [-0.4, -0.2) is 30.4 Å². The molecule has 1 N–H and O–H groups in total. The van der Waals surface area contributed by atoms with Crippen LogP contribution in [0.1, 0.15) is 27.7 Å². The summed E-state index contributed by atoms with van der Waals surface area (Å²) in [7, 11) is 0. The van der Waals surface area contributed by atoms with Gasteiger partial charge in [-0.25, -0.2) is 0 Å². The average Bonchev–Trinajstić information content (AvgIpc) is 2.25. The third-order valence-electron chi connectivity index (χ3n) is 1.99. The maximum absolute atomic E-state index is 11.4. The molecule has 0 unspecified atom stereocenters. The number of hydrogen-bond donors (Lipinski definition) is 1. The van der Waals surface area contributed by atoms with Gasteiger partial charge < -0.3 is 9.47 Å². The lowest BCUT2D eigenvalue weighted by atomic mass is 10.2. The van der Waals surface area contributed by atoms with Crippen molar-refractivity contribution >= 4 is 5.97 Å². The van der Waals surface area contributed by atoms with Crippen LogP contribution in [0.4, 0.5) is 0 Å². The zero-order valence-corrected chi connectivity index (χ0v) is 8.59. The fraction of sp³-hybridized carbons (Fsp3) is 0.889. The van der Waals surface area contributed by atoms with E-state index in [2.05, 4.69) is 5.32 Å². The second kappa shape index (κ2) is 3.64. The first-order valence-electron chi connectivity index (χ1n) is 4.58. The molecule has 0 radical (unpaired) electrons. The Hall–Kier alpha value is -0.610. The van der Waals surface area contributed by atoms with Gasteiger partial charge in [0.05, 0.1) is 12.7 Å². The SMILES string of the molecule is CCOC(=O)[C@H]1NC(C)(C)O[C@@H]1C. The van der Waals surface area contributed by atoms with E-state index in [-0.39, 0.29) is 18.1 Å². The summed E-state index contributed by atoms with van der Waals surface area (Å²) in [4.78, 5) is 11.4. The van der Waals surface area contributed by atoms with Gasteiger partial charge in [0.25, 0.3) is 0 Å². The van der Waals surface area contributed by atoms with Crippen LogP contribution < -0.4 is 5.32 Å². The third-order valence-corrected chi connectivity index (χ3v) is 1.99. The third kappa shape index (κ3) is 2.42. The van der Waals surface area contributed by atoms with Crippen LogP contribution in [-0.2, 0) is 14.3 Å². The van der Waals surface area contributed by atoms with Gasteiger partial charge in [-0.1, -0.05) is 0 Å². The van der Waals surface area contributed by atoms with Crippen molar-refractivity contribution in [2.24, 2.45) is 0 Å². The standard InChI is InChI=1S/C9H17NO3/c1-5-12-8(11)7-6(2)13-9(3,4)10-7/h6-7,10H,5H2,1-4H3/t6-,7+/m1/s1. The molecule has 0 spiro atoms. The minimum Gasteiger partial charge on any atom is -0.465 e. The topological polar surface area (TPSA) is 47.6 Å². The molecule has 2 atom stereocenters. The van der Waals surface area contributed by atoms with E-state index in [4.69, 9.17) is 9.47 Å². The number of esters is 1. The molecule has 1 fully saturated rings. The first-order chi connectivity index (χ1) is 5.96. The van der Waals surface area contributed by atoms with Gasteiger partial charge >= 0.3 is 5.97 Å². The summed E-state index contributed by atoms with van der Waals surface area (Å²) in [6.45, 7) is 7.85. The van der Waals surface area contributed by atoms with E-state index in [9.17, 15) is 4.79 Å². The van der Waals surface area contributed by atoms with Gasteiger partial charge in [-0.3, -0.25) is 10.1 Å². The minimum absolute atomic E-state index is 0.131. The number of carbonyl (C=O) groups is 1.